The number of carbonyl (C=O) groups is 1. The number of rotatable bonds is 4. The van der Waals surface area contributed by atoms with Gasteiger partial charge in [-0.15, -0.1) is 0 Å². The summed E-state index contributed by atoms with van der Waals surface area (Å²) in [5, 5.41) is 13.2. The molecule has 4 N–H and O–H groups in total. The van der Waals surface area contributed by atoms with Crippen LogP contribution in [0.4, 0.5) is 0 Å². The van der Waals surface area contributed by atoms with Gasteiger partial charge in [-0.1, -0.05) is 42.5 Å². The zero-order chi connectivity index (χ0) is 15.6. The lowest BCUT2D eigenvalue weighted by atomic mass is 9.64. The highest BCUT2D eigenvalue weighted by Gasteiger charge is 2.48. The smallest absolute Gasteiger partial charge is 0.232 e. The van der Waals surface area contributed by atoms with E-state index in [1.54, 1.807) is 18.2 Å². The molecule has 2 aromatic rings. The first-order chi connectivity index (χ1) is 10.7. The Morgan fingerprint density at radius 2 is 1.86 bits per heavy atom. The van der Waals surface area contributed by atoms with E-state index in [0.717, 1.165) is 30.6 Å². The first-order valence-electron chi connectivity index (χ1n) is 7.51. The molecule has 0 saturated carbocycles. The first-order valence-corrected chi connectivity index (χ1v) is 7.51. The number of phenolic OH excluding ortho intramolecular Hbond substituents is 1. The Bertz CT molecular complexity index is 666. The summed E-state index contributed by atoms with van der Waals surface area (Å²) < 4.78 is 0. The molecule has 4 heteroatoms. The predicted molar refractivity (Wildman–Crippen MR) is 85.5 cm³/mol. The number of aromatic hydroxyl groups is 1. The maximum Gasteiger partial charge on any atom is 0.232 e. The quantitative estimate of drug-likeness (QED) is 0.805. The molecule has 1 saturated heterocycles. The molecule has 1 aliphatic heterocycles. The molecule has 0 aliphatic carbocycles. The molecule has 1 amide bonds. The van der Waals surface area contributed by atoms with Crippen LogP contribution in [0.25, 0.3) is 0 Å². The average Bonchev–Trinajstić information content (AvgIpc) is 3.03. The largest absolute Gasteiger partial charge is 0.508 e. The number of primary amides is 1. The highest BCUT2D eigenvalue weighted by molar-refractivity contribution is 5.91. The van der Waals surface area contributed by atoms with Crippen LogP contribution >= 0.6 is 0 Å². The minimum Gasteiger partial charge on any atom is -0.508 e. The minimum atomic E-state index is -0.927. The minimum absolute atomic E-state index is 0.0641. The zero-order valence-electron chi connectivity index (χ0n) is 12.3. The Hall–Kier alpha value is -2.33. The van der Waals surface area contributed by atoms with Crippen molar-refractivity contribution in [2.24, 2.45) is 11.7 Å². The van der Waals surface area contributed by atoms with Gasteiger partial charge in [0, 0.05) is 0 Å². The van der Waals surface area contributed by atoms with Crippen LogP contribution in [-0.2, 0) is 10.2 Å². The van der Waals surface area contributed by atoms with Crippen molar-refractivity contribution in [1.29, 1.82) is 0 Å². The fourth-order valence-electron chi connectivity index (χ4n) is 3.60. The zero-order valence-corrected chi connectivity index (χ0v) is 12.3. The lowest BCUT2D eigenvalue weighted by Crippen LogP contribution is -2.49. The first kappa shape index (κ1) is 14.6. The summed E-state index contributed by atoms with van der Waals surface area (Å²) in [5.74, 6) is -0.169. The second kappa shape index (κ2) is 5.81. The van der Waals surface area contributed by atoms with Crippen molar-refractivity contribution < 1.29 is 9.90 Å². The maximum atomic E-state index is 12.6. The molecule has 2 atom stereocenters. The van der Waals surface area contributed by atoms with Gasteiger partial charge in [0.15, 0.2) is 0 Å². The van der Waals surface area contributed by atoms with E-state index in [0.29, 0.717) is 0 Å². The van der Waals surface area contributed by atoms with Crippen molar-refractivity contribution in [3.63, 3.8) is 0 Å². The lowest BCUT2D eigenvalue weighted by Gasteiger charge is -2.37. The fourth-order valence-corrected chi connectivity index (χ4v) is 3.60. The second-order valence-electron chi connectivity index (χ2n) is 5.78. The molecular formula is C18H20N2O2. The summed E-state index contributed by atoms with van der Waals surface area (Å²) in [7, 11) is 0. The third-order valence-electron chi connectivity index (χ3n) is 4.59. The Balaban J connectivity index is 2.26. The maximum absolute atomic E-state index is 12.6. The normalized spacial score (nSPS) is 20.5. The highest BCUT2D eigenvalue weighted by Crippen LogP contribution is 2.42. The summed E-state index contributed by atoms with van der Waals surface area (Å²) >= 11 is 0. The van der Waals surface area contributed by atoms with E-state index < -0.39 is 5.41 Å². The van der Waals surface area contributed by atoms with Crippen molar-refractivity contribution >= 4 is 5.91 Å². The van der Waals surface area contributed by atoms with Crippen LogP contribution in [0.3, 0.4) is 0 Å². The van der Waals surface area contributed by atoms with Gasteiger partial charge in [-0.25, -0.2) is 0 Å². The van der Waals surface area contributed by atoms with E-state index in [1.807, 2.05) is 36.4 Å². The van der Waals surface area contributed by atoms with Crippen LogP contribution in [0.2, 0.25) is 0 Å². The van der Waals surface area contributed by atoms with E-state index in [2.05, 4.69) is 5.32 Å². The molecule has 1 aliphatic rings. The monoisotopic (exact) mass is 296 g/mol. The van der Waals surface area contributed by atoms with E-state index in [9.17, 15) is 9.90 Å². The van der Waals surface area contributed by atoms with Gasteiger partial charge < -0.3 is 16.2 Å². The van der Waals surface area contributed by atoms with Crippen molar-refractivity contribution in [2.45, 2.75) is 11.8 Å². The topological polar surface area (TPSA) is 75.4 Å². The SMILES string of the molecule is NC(=O)C(c1ccccc1)(c1cccc(O)c1)[C@@H]1CCNC1. The molecule has 3 rings (SSSR count). The standard InChI is InChI=1S/C18H20N2O2/c19-17(22)18(15-9-10-20-12-15,13-5-2-1-3-6-13)14-7-4-8-16(21)11-14/h1-8,11,15,20-21H,9-10,12H2,(H2,19,22)/t15-,18?/m1/s1. The van der Waals surface area contributed by atoms with E-state index in [1.165, 1.54) is 0 Å². The number of benzene rings is 2. The van der Waals surface area contributed by atoms with Crippen LogP contribution in [0.1, 0.15) is 17.5 Å². The van der Waals surface area contributed by atoms with E-state index in [-0.39, 0.29) is 17.6 Å². The van der Waals surface area contributed by atoms with Crippen LogP contribution in [0, 0.1) is 5.92 Å². The molecule has 0 spiro atoms. The molecule has 0 bridgehead atoms. The van der Waals surface area contributed by atoms with Crippen LogP contribution in [0.15, 0.2) is 54.6 Å². The van der Waals surface area contributed by atoms with Crippen molar-refractivity contribution in [1.82, 2.24) is 5.32 Å². The Morgan fingerprint density at radius 3 is 2.45 bits per heavy atom. The number of phenols is 1. The molecule has 1 heterocycles. The van der Waals surface area contributed by atoms with Gasteiger partial charge in [0.2, 0.25) is 5.91 Å². The van der Waals surface area contributed by atoms with Gasteiger partial charge in [-0.05, 0) is 48.7 Å². The molecule has 1 unspecified atom stereocenters. The number of hydrogen-bond donors (Lipinski definition) is 3. The molecular weight excluding hydrogens is 276 g/mol. The Morgan fingerprint density at radius 1 is 1.14 bits per heavy atom. The van der Waals surface area contributed by atoms with Crippen molar-refractivity contribution in [3.05, 3.63) is 65.7 Å². The lowest BCUT2D eigenvalue weighted by molar-refractivity contribution is -0.123. The summed E-state index contributed by atoms with van der Waals surface area (Å²) in [5.41, 5.74) is 6.62. The molecule has 4 nitrogen and oxygen atoms in total. The summed E-state index contributed by atoms with van der Waals surface area (Å²) in [6.07, 6.45) is 0.869. The Kier molecular flexibility index (Phi) is 3.86. The fraction of sp³-hybridized carbons (Fsp3) is 0.278. The van der Waals surface area contributed by atoms with Gasteiger partial charge in [-0.2, -0.15) is 0 Å². The predicted octanol–water partition coefficient (Wildman–Crippen LogP) is 1.77. The van der Waals surface area contributed by atoms with Gasteiger partial charge in [0.05, 0.1) is 0 Å². The number of nitrogens with two attached hydrogens (primary N) is 1. The van der Waals surface area contributed by atoms with Crippen LogP contribution in [0.5, 0.6) is 5.75 Å². The van der Waals surface area contributed by atoms with Gasteiger partial charge >= 0.3 is 0 Å². The second-order valence-corrected chi connectivity index (χ2v) is 5.78. The van der Waals surface area contributed by atoms with E-state index in [4.69, 9.17) is 5.73 Å². The summed E-state index contributed by atoms with van der Waals surface area (Å²) in [4.78, 5) is 12.6. The van der Waals surface area contributed by atoms with Crippen LogP contribution < -0.4 is 11.1 Å². The molecule has 114 valence electrons. The summed E-state index contributed by atoms with van der Waals surface area (Å²) in [6.45, 7) is 1.60. The van der Waals surface area contributed by atoms with Gasteiger partial charge in [0.1, 0.15) is 11.2 Å². The average molecular weight is 296 g/mol. The van der Waals surface area contributed by atoms with Gasteiger partial charge in [-0.3, -0.25) is 4.79 Å². The van der Waals surface area contributed by atoms with Crippen molar-refractivity contribution in [3.8, 4) is 5.75 Å². The number of amides is 1. The number of hydrogen-bond acceptors (Lipinski definition) is 3. The third kappa shape index (κ3) is 2.25. The Labute approximate surface area is 130 Å². The molecule has 2 aromatic carbocycles. The number of nitrogens with one attached hydrogen (secondary N) is 1. The highest BCUT2D eigenvalue weighted by atomic mass is 16.3. The molecule has 1 fully saturated rings. The van der Waals surface area contributed by atoms with E-state index >= 15 is 0 Å². The molecule has 0 aromatic heterocycles. The molecule has 22 heavy (non-hydrogen) atoms. The van der Waals surface area contributed by atoms with Crippen molar-refractivity contribution in [2.75, 3.05) is 13.1 Å². The van der Waals surface area contributed by atoms with Gasteiger partial charge in [0.25, 0.3) is 0 Å². The van der Waals surface area contributed by atoms with Crippen LogP contribution in [-0.4, -0.2) is 24.1 Å². The summed E-state index contributed by atoms with van der Waals surface area (Å²) in [6, 6.07) is 16.5. The number of carbonyl (C=O) groups excluding carboxylic acids is 1. The molecule has 0 radical (unpaired) electrons. The third-order valence-corrected chi connectivity index (χ3v) is 4.59.